The molecule has 0 aliphatic carbocycles. The summed E-state index contributed by atoms with van der Waals surface area (Å²) in [6, 6.07) is 0. The van der Waals surface area contributed by atoms with Gasteiger partial charge in [0.1, 0.15) is 0 Å². The van der Waals surface area contributed by atoms with E-state index in [1.165, 1.54) is 32.1 Å². The first-order valence-electron chi connectivity index (χ1n) is 4.17. The normalized spacial score (nSPS) is 10.3. The van der Waals surface area contributed by atoms with Crippen molar-refractivity contribution in [2.75, 3.05) is 0 Å². The van der Waals surface area contributed by atoms with Crippen LogP contribution in [-0.4, -0.2) is 0 Å². The molecule has 0 nitrogen and oxygen atoms in total. The second kappa shape index (κ2) is 6.85. The molecule has 0 fully saturated rings. The van der Waals surface area contributed by atoms with Crippen LogP contribution in [0.25, 0.3) is 0 Å². The molecule has 0 heteroatoms. The quantitative estimate of drug-likeness (QED) is 0.388. The first-order valence-corrected chi connectivity index (χ1v) is 4.17. The lowest BCUT2D eigenvalue weighted by molar-refractivity contribution is 0.655. The summed E-state index contributed by atoms with van der Waals surface area (Å²) < 4.78 is 0. The molecule has 0 N–H and O–H groups in total. The van der Waals surface area contributed by atoms with Crippen LogP contribution in [0.2, 0.25) is 0 Å². The first-order chi connectivity index (χ1) is 4.77. The highest BCUT2D eigenvalue weighted by molar-refractivity contribution is 4.76. The predicted molar refractivity (Wildman–Crippen MR) is 47.9 cm³/mol. The number of rotatable bonds is 6. The predicted octanol–water partition coefficient (Wildman–Crippen LogP) is 3.74. The molecule has 0 unspecified atom stereocenters. The van der Waals surface area contributed by atoms with Crippen LogP contribution in [0.15, 0.2) is 12.7 Å². The van der Waals surface area contributed by atoms with Gasteiger partial charge in [0.25, 0.3) is 0 Å². The zero-order valence-corrected chi connectivity index (χ0v) is 7.32. The van der Waals surface area contributed by atoms with E-state index in [4.69, 9.17) is 0 Å². The molecule has 0 aromatic heterocycles. The van der Waals surface area contributed by atoms with Crippen molar-refractivity contribution in [3.63, 3.8) is 0 Å². The molecule has 0 saturated carbocycles. The Kier molecular flexibility index (Phi) is 6.68. The second-order valence-electron chi connectivity index (χ2n) is 3.10. The highest BCUT2D eigenvalue weighted by Crippen LogP contribution is 2.10. The summed E-state index contributed by atoms with van der Waals surface area (Å²) in [5.74, 6) is 1.55. The van der Waals surface area contributed by atoms with Crippen LogP contribution in [0.3, 0.4) is 0 Å². The van der Waals surface area contributed by atoms with E-state index in [1.54, 1.807) is 5.92 Å². The van der Waals surface area contributed by atoms with Crippen LogP contribution in [0.1, 0.15) is 46.0 Å². The zero-order chi connectivity index (χ0) is 7.82. The Bertz CT molecular complexity index is 72.1. The Morgan fingerprint density at radius 2 is 1.90 bits per heavy atom. The highest BCUT2D eigenvalue weighted by Gasteiger charge is 1.92. The second-order valence-corrected chi connectivity index (χ2v) is 3.10. The molecule has 0 aliphatic rings. The molecule has 10 heavy (non-hydrogen) atoms. The summed E-state index contributed by atoms with van der Waals surface area (Å²) in [6.45, 7) is 8.09. The van der Waals surface area contributed by atoms with Gasteiger partial charge in [-0.3, -0.25) is 0 Å². The molecule has 0 aliphatic heterocycles. The Morgan fingerprint density at radius 3 is 2.40 bits per heavy atom. The molecule has 0 amide bonds. The van der Waals surface area contributed by atoms with Crippen molar-refractivity contribution in [1.82, 2.24) is 0 Å². The molecular weight excluding hydrogens is 120 g/mol. The van der Waals surface area contributed by atoms with Gasteiger partial charge < -0.3 is 0 Å². The van der Waals surface area contributed by atoms with Crippen LogP contribution < -0.4 is 0 Å². The van der Waals surface area contributed by atoms with Gasteiger partial charge in [-0.05, 0) is 25.2 Å². The lowest BCUT2D eigenvalue weighted by Gasteiger charge is -2.01. The standard InChI is InChI=1S/C10H19/c1-4-5-6-7-8-9-10(2)3/h4H,1,5-9H2,2-3H3. The fraction of sp³-hybridized carbons (Fsp3) is 0.700. The van der Waals surface area contributed by atoms with Crippen molar-refractivity contribution >= 4 is 0 Å². The van der Waals surface area contributed by atoms with Gasteiger partial charge in [-0.2, -0.15) is 0 Å². The summed E-state index contributed by atoms with van der Waals surface area (Å²) in [7, 11) is 0. The Hall–Kier alpha value is -0.260. The van der Waals surface area contributed by atoms with Gasteiger partial charge in [-0.25, -0.2) is 0 Å². The third kappa shape index (κ3) is 7.74. The molecule has 1 radical (unpaired) electrons. The molecule has 0 aromatic rings. The monoisotopic (exact) mass is 139 g/mol. The molecule has 0 atom stereocenters. The fourth-order valence-corrected chi connectivity index (χ4v) is 0.944. The van der Waals surface area contributed by atoms with Crippen molar-refractivity contribution in [2.45, 2.75) is 46.0 Å². The third-order valence-electron chi connectivity index (χ3n) is 1.59. The molecule has 0 rings (SSSR count). The molecule has 59 valence electrons. The van der Waals surface area contributed by atoms with Crippen molar-refractivity contribution < 1.29 is 0 Å². The van der Waals surface area contributed by atoms with Crippen LogP contribution in [0.4, 0.5) is 0 Å². The van der Waals surface area contributed by atoms with Gasteiger partial charge in [-0.15, -0.1) is 6.58 Å². The van der Waals surface area contributed by atoms with E-state index in [2.05, 4.69) is 20.4 Å². The largest absolute Gasteiger partial charge is 0.103 e. The topological polar surface area (TPSA) is 0 Å². The molecule has 0 bridgehead atoms. The maximum atomic E-state index is 3.69. The summed E-state index contributed by atoms with van der Waals surface area (Å²) in [6.07, 6.45) is 8.52. The minimum absolute atomic E-state index is 1.18. The Morgan fingerprint density at radius 1 is 1.20 bits per heavy atom. The van der Waals surface area contributed by atoms with E-state index in [1.807, 2.05) is 6.08 Å². The first kappa shape index (κ1) is 9.74. The van der Waals surface area contributed by atoms with Crippen molar-refractivity contribution in [2.24, 2.45) is 0 Å². The maximum absolute atomic E-state index is 3.69. The fourth-order valence-electron chi connectivity index (χ4n) is 0.944. The van der Waals surface area contributed by atoms with Gasteiger partial charge in [0.2, 0.25) is 0 Å². The average Bonchev–Trinajstić information content (AvgIpc) is 1.87. The summed E-state index contributed by atoms with van der Waals surface area (Å²) in [5.41, 5.74) is 0. The van der Waals surface area contributed by atoms with E-state index >= 15 is 0 Å². The lowest BCUT2D eigenvalue weighted by atomic mass is 10.0. The van der Waals surface area contributed by atoms with E-state index in [0.29, 0.717) is 0 Å². The number of hydrogen-bond acceptors (Lipinski definition) is 0. The van der Waals surface area contributed by atoms with Gasteiger partial charge in [0.15, 0.2) is 0 Å². The van der Waals surface area contributed by atoms with Crippen molar-refractivity contribution in [3.8, 4) is 0 Å². The average molecular weight is 139 g/mol. The van der Waals surface area contributed by atoms with Crippen LogP contribution in [0.5, 0.6) is 0 Å². The molecule has 0 spiro atoms. The van der Waals surface area contributed by atoms with Gasteiger partial charge in [0.05, 0.1) is 0 Å². The van der Waals surface area contributed by atoms with E-state index in [9.17, 15) is 0 Å². The number of unbranched alkanes of at least 4 members (excludes halogenated alkanes) is 3. The summed E-state index contributed by atoms with van der Waals surface area (Å²) in [4.78, 5) is 0. The maximum Gasteiger partial charge on any atom is -0.0303 e. The van der Waals surface area contributed by atoms with E-state index < -0.39 is 0 Å². The number of allylic oxidation sites excluding steroid dienone is 1. The van der Waals surface area contributed by atoms with Gasteiger partial charge in [-0.1, -0.05) is 32.8 Å². The zero-order valence-electron chi connectivity index (χ0n) is 7.32. The SMILES string of the molecule is C=CCCCCC[C](C)C. The van der Waals surface area contributed by atoms with Crippen molar-refractivity contribution in [1.29, 1.82) is 0 Å². The summed E-state index contributed by atoms with van der Waals surface area (Å²) >= 11 is 0. The van der Waals surface area contributed by atoms with Crippen LogP contribution in [-0.2, 0) is 0 Å². The molecule has 0 aromatic carbocycles. The lowest BCUT2D eigenvalue weighted by Crippen LogP contribution is -1.83. The minimum Gasteiger partial charge on any atom is -0.103 e. The molecule has 0 saturated heterocycles. The van der Waals surface area contributed by atoms with Gasteiger partial charge >= 0.3 is 0 Å². The van der Waals surface area contributed by atoms with Crippen molar-refractivity contribution in [3.05, 3.63) is 18.6 Å². The third-order valence-corrected chi connectivity index (χ3v) is 1.59. The van der Waals surface area contributed by atoms with Gasteiger partial charge in [0, 0.05) is 0 Å². The number of hydrogen-bond donors (Lipinski definition) is 0. The summed E-state index contributed by atoms with van der Waals surface area (Å²) in [5, 5.41) is 0. The van der Waals surface area contributed by atoms with Crippen LogP contribution in [0, 0.1) is 5.92 Å². The van der Waals surface area contributed by atoms with E-state index in [-0.39, 0.29) is 0 Å². The van der Waals surface area contributed by atoms with Crippen LogP contribution >= 0.6 is 0 Å². The smallest absolute Gasteiger partial charge is 0.0303 e. The van der Waals surface area contributed by atoms with E-state index in [0.717, 1.165) is 0 Å². The molecule has 0 heterocycles. The Labute approximate surface area is 65.3 Å². The highest BCUT2D eigenvalue weighted by atomic mass is 14.0. The molecular formula is C10H19. The minimum atomic E-state index is 1.18. The Balaban J connectivity index is 2.83.